The number of Topliss-reactive ketones (excluding diaryl/α,β-unsaturated/α-hetero) is 3. The van der Waals surface area contributed by atoms with Gasteiger partial charge in [0, 0.05) is 0 Å². The summed E-state index contributed by atoms with van der Waals surface area (Å²) in [7, 11) is 0. The first-order valence-electron chi connectivity index (χ1n) is 22.4. The van der Waals surface area contributed by atoms with Gasteiger partial charge in [-0.2, -0.15) is 105 Å². The highest BCUT2D eigenvalue weighted by atomic mass is 19.4. The van der Waals surface area contributed by atoms with Gasteiger partial charge in [-0.25, -0.2) is 65.9 Å². The SMILES string of the molecule is CCC(C(O)COC1(F)C2(F)C(=O)C3(F)C(F)(F)C(F)(C2(F)F)C(F)(F)C1(F)C3(F)F)(C(O)COC1(F)C2(F)C(=O)C3(F)C(F)(F)C(F)(C2(F)F)C(F)(F)C1(F)C3(F)F)C(O)COC1(F)C2(F)C(=O)C3(F)C(F)(F)C(F)(C2(F)F)C(F)(F)C1(F)C3(F)F. The molecule has 12 aliphatic rings. The van der Waals surface area contributed by atoms with Gasteiger partial charge in [-0.05, 0) is 6.42 Å². The number of aliphatic hydroxyl groups is 3. The lowest BCUT2D eigenvalue weighted by atomic mass is 9.41. The van der Waals surface area contributed by atoms with Crippen LogP contribution in [-0.2, 0) is 28.6 Å². The van der Waals surface area contributed by atoms with Crippen LogP contribution in [0.3, 0.4) is 0 Å². The molecule has 0 saturated heterocycles. The van der Waals surface area contributed by atoms with E-state index in [1.807, 2.05) is 0 Å². The molecule has 0 spiro atoms. The highest BCUT2D eigenvalue weighted by Crippen LogP contribution is 2.89. The molecule has 0 aromatic rings. The van der Waals surface area contributed by atoms with Gasteiger partial charge in [0.05, 0.1) is 43.5 Å². The van der Waals surface area contributed by atoms with Gasteiger partial charge in [0.25, 0.3) is 17.0 Å². The molecule has 0 aromatic carbocycles. The number of carbonyl (C=O) groups excluding carboxylic acids is 3. The number of rotatable bonds is 13. The van der Waals surface area contributed by atoms with Crippen molar-refractivity contribution < 1.29 is 215 Å². The molecule has 0 radical (unpaired) electrons. The van der Waals surface area contributed by atoms with Gasteiger partial charge in [0.15, 0.2) is 0 Å². The molecule has 500 valence electrons. The average molecular weight is 1370 g/mol. The van der Waals surface area contributed by atoms with Crippen LogP contribution < -0.4 is 0 Å². The van der Waals surface area contributed by atoms with Crippen molar-refractivity contribution in [2.75, 3.05) is 19.8 Å². The fourth-order valence-corrected chi connectivity index (χ4v) is 13.8. The van der Waals surface area contributed by atoms with E-state index in [-0.39, 0.29) is 0 Å². The second-order valence-electron chi connectivity index (χ2n) is 21.5. The van der Waals surface area contributed by atoms with Gasteiger partial charge in [-0.1, -0.05) is 6.92 Å². The number of alkyl halides is 39. The molecule has 12 aliphatic carbocycles. The third-order valence-corrected chi connectivity index (χ3v) is 18.7. The van der Waals surface area contributed by atoms with Gasteiger partial charge in [0.2, 0.25) is 17.3 Å². The standard InChI is InChI=1S/C39H17F39O9/c1-2-12(6(79)3-85-37(76)16(43)9(82)13(40)25(52,53)19(46,31(16,64)65)34(70,71)22(37,49)28(13,58)59,7(80)4-86-38(77)17(44)10(83)14(41)26(54,55)20(47,32(17,66)67)35(72,73)23(38,50)29(14,60)61)8(81)5-87-39(78)18(45)11(84)15(42)27(56,57)21(48,33(18,68)69)36(74,75)24(39,51)30(15,62)63/h6-8,79-81H,2-5H2,1H3. The predicted octanol–water partition coefficient (Wildman–Crippen LogP) is 8.47. The number of ether oxygens (including phenoxy) is 3. The number of carbonyl (C=O) groups is 3. The van der Waals surface area contributed by atoms with Crippen LogP contribution in [-0.4, -0.2) is 227 Å². The normalized spacial score (nSPS) is 53.1. The van der Waals surface area contributed by atoms with Gasteiger partial charge in [-0.15, -0.1) is 0 Å². The monoisotopic (exact) mass is 1370 g/mol. The van der Waals surface area contributed by atoms with Gasteiger partial charge in [-0.3, -0.25) is 14.4 Å². The average Bonchev–Trinajstić information content (AvgIpc) is 0.615. The molecule has 0 heterocycles. The molecule has 9 nitrogen and oxygen atoms in total. The van der Waals surface area contributed by atoms with Crippen molar-refractivity contribution in [1.82, 2.24) is 0 Å². The van der Waals surface area contributed by atoms with Gasteiger partial charge >= 0.3 is 140 Å². The summed E-state index contributed by atoms with van der Waals surface area (Å²) in [5, 5.41) is 33.5. The molecule has 18 atom stereocenters. The summed E-state index contributed by atoms with van der Waals surface area (Å²) in [6.07, 6.45) is -18.3. The lowest BCUT2D eigenvalue weighted by molar-refractivity contribution is -0.556. The van der Waals surface area contributed by atoms with E-state index in [1.54, 1.807) is 0 Å². The quantitative estimate of drug-likeness (QED) is 0.155. The summed E-state index contributed by atoms with van der Waals surface area (Å²) in [5.41, 5.74) is -104. The van der Waals surface area contributed by atoms with Crippen molar-refractivity contribution >= 4 is 17.3 Å². The summed E-state index contributed by atoms with van der Waals surface area (Å²) in [6, 6.07) is 0. The molecule has 3 N–H and O–H groups in total. The smallest absolute Gasteiger partial charge is 0.340 e. The zero-order valence-electron chi connectivity index (χ0n) is 39.6. The molecule has 12 fully saturated rings. The highest BCUT2D eigenvalue weighted by molar-refractivity contribution is 6.06. The van der Waals surface area contributed by atoms with E-state index in [9.17, 15) is 56.0 Å². The summed E-state index contributed by atoms with van der Waals surface area (Å²) in [5.74, 6) is -142. The molecule has 12 rings (SSSR count). The largest absolute Gasteiger partial charge is 0.390 e. The Labute approximate surface area is 446 Å². The van der Waals surface area contributed by atoms with Crippen LogP contribution in [0.1, 0.15) is 13.3 Å². The summed E-state index contributed by atoms with van der Waals surface area (Å²) < 4.78 is 620. The molecular formula is C39H17F39O9. The zero-order chi connectivity index (χ0) is 68.4. The van der Waals surface area contributed by atoms with E-state index in [1.165, 1.54) is 0 Å². The second-order valence-corrected chi connectivity index (χ2v) is 21.5. The maximum Gasteiger partial charge on any atom is 0.340 e. The number of hydrogen-bond donors (Lipinski definition) is 3. The maximum absolute atomic E-state index is 16.9. The van der Waals surface area contributed by atoms with Crippen molar-refractivity contribution in [2.24, 2.45) is 5.41 Å². The third-order valence-electron chi connectivity index (χ3n) is 18.7. The van der Waals surface area contributed by atoms with Crippen LogP contribution in [0.4, 0.5) is 171 Å². The summed E-state index contributed by atoms with van der Waals surface area (Å²) >= 11 is 0. The van der Waals surface area contributed by atoms with E-state index in [2.05, 4.69) is 14.2 Å². The number of aliphatic hydroxyl groups excluding tert-OH is 3. The molecule has 0 aromatic heterocycles. The van der Waals surface area contributed by atoms with E-state index >= 15 is 145 Å². The van der Waals surface area contributed by atoms with Crippen molar-refractivity contribution in [1.29, 1.82) is 0 Å². The first-order valence-corrected chi connectivity index (χ1v) is 22.4. The van der Waals surface area contributed by atoms with Crippen molar-refractivity contribution in [2.45, 2.75) is 188 Å². The lowest BCUT2D eigenvalue weighted by Gasteiger charge is -2.71. The highest BCUT2D eigenvalue weighted by Gasteiger charge is 3.23. The molecule has 18 unspecified atom stereocenters. The predicted molar refractivity (Wildman–Crippen MR) is 181 cm³/mol. The van der Waals surface area contributed by atoms with Crippen LogP contribution in [0.25, 0.3) is 0 Å². The van der Waals surface area contributed by atoms with Gasteiger partial charge < -0.3 is 29.5 Å². The Morgan fingerprint density at radius 2 is 0.425 bits per heavy atom. The molecule has 12 bridgehead atoms. The molecule has 12 saturated carbocycles. The van der Waals surface area contributed by atoms with Crippen LogP contribution in [0.15, 0.2) is 0 Å². The molecule has 0 amide bonds. The number of halogens is 39. The summed E-state index contributed by atoms with van der Waals surface area (Å²) in [6.45, 7) is -13.0. The second kappa shape index (κ2) is 15.1. The van der Waals surface area contributed by atoms with Gasteiger partial charge in [0.1, 0.15) is 0 Å². The van der Waals surface area contributed by atoms with Crippen molar-refractivity contribution in [3.8, 4) is 0 Å². The minimum atomic E-state index is -8.68. The Morgan fingerprint density at radius 3 is 0.586 bits per heavy atom. The molecule has 87 heavy (non-hydrogen) atoms. The van der Waals surface area contributed by atoms with Crippen molar-refractivity contribution in [3.05, 3.63) is 0 Å². The van der Waals surface area contributed by atoms with E-state index in [0.29, 0.717) is 0 Å². The minimum absolute atomic E-state index is 0.439. The topological polar surface area (TPSA) is 140 Å². The Hall–Kier alpha value is -3.96. The van der Waals surface area contributed by atoms with Crippen LogP contribution in [0.5, 0.6) is 0 Å². The first-order chi connectivity index (χ1) is 37.9. The fraction of sp³-hybridized carbons (Fsp3) is 0.923. The molecular weight excluding hydrogens is 1350 g/mol. The molecule has 48 heteroatoms. The number of hydrogen-bond acceptors (Lipinski definition) is 9. The maximum atomic E-state index is 16.9. The Kier molecular flexibility index (Phi) is 11.7. The van der Waals surface area contributed by atoms with E-state index in [4.69, 9.17) is 0 Å². The number of ketones is 3. The Balaban J connectivity index is 1.22. The molecule has 0 aliphatic heterocycles. The summed E-state index contributed by atoms with van der Waals surface area (Å²) in [4.78, 5) is 37.8. The Morgan fingerprint density at radius 1 is 0.276 bits per heavy atom. The fourth-order valence-electron chi connectivity index (χ4n) is 13.8. The van der Waals surface area contributed by atoms with Crippen LogP contribution in [0.2, 0.25) is 0 Å². The Bertz CT molecular complexity index is 2830. The van der Waals surface area contributed by atoms with Crippen LogP contribution in [0, 0.1) is 5.41 Å². The van der Waals surface area contributed by atoms with Crippen LogP contribution >= 0.6 is 0 Å². The zero-order valence-corrected chi connectivity index (χ0v) is 39.6. The van der Waals surface area contributed by atoms with E-state index < -0.39 is 231 Å². The first kappa shape index (κ1) is 67.4. The lowest BCUT2D eigenvalue weighted by Crippen LogP contribution is -3.07. The van der Waals surface area contributed by atoms with E-state index in [0.717, 1.165) is 0 Å². The third kappa shape index (κ3) is 4.52. The van der Waals surface area contributed by atoms with Crippen molar-refractivity contribution in [3.63, 3.8) is 0 Å². The minimum Gasteiger partial charge on any atom is -0.390 e.